The molecule has 1 heterocycles. The predicted molar refractivity (Wildman–Crippen MR) is 86.4 cm³/mol. The van der Waals surface area contributed by atoms with Crippen molar-refractivity contribution in [3.63, 3.8) is 0 Å². The van der Waals surface area contributed by atoms with Crippen LogP contribution in [0.2, 0.25) is 0 Å². The van der Waals surface area contributed by atoms with Gasteiger partial charge in [0.2, 0.25) is 11.8 Å². The smallest absolute Gasteiger partial charge is 0.227 e. The Morgan fingerprint density at radius 1 is 1.23 bits per heavy atom. The lowest BCUT2D eigenvalue weighted by atomic mass is 9.93. The van der Waals surface area contributed by atoms with E-state index in [1.165, 1.54) is 0 Å². The Labute approximate surface area is 131 Å². The summed E-state index contributed by atoms with van der Waals surface area (Å²) in [5.41, 5.74) is 2.02. The number of carbonyl (C=O) groups excluding carboxylic acids is 2. The Hall–Kier alpha value is -2.10. The van der Waals surface area contributed by atoms with Crippen molar-refractivity contribution in [3.8, 4) is 0 Å². The van der Waals surface area contributed by atoms with Crippen LogP contribution in [0.25, 0.3) is 0 Å². The van der Waals surface area contributed by atoms with Gasteiger partial charge in [0.25, 0.3) is 0 Å². The summed E-state index contributed by atoms with van der Waals surface area (Å²) in [7, 11) is 0. The minimum Gasteiger partial charge on any atom is -0.352 e. The van der Waals surface area contributed by atoms with E-state index in [0.29, 0.717) is 13.0 Å². The number of nitrogens with one attached hydrogen (secondary N) is 1. The van der Waals surface area contributed by atoms with Gasteiger partial charge in [0, 0.05) is 31.1 Å². The molecular weight excluding hydrogens is 276 g/mol. The molecule has 1 aliphatic heterocycles. The van der Waals surface area contributed by atoms with E-state index in [0.717, 1.165) is 43.5 Å². The molecule has 116 valence electrons. The Bertz CT molecular complexity index is 577. The average Bonchev–Trinajstić information content (AvgIpc) is 3.00. The summed E-state index contributed by atoms with van der Waals surface area (Å²) in [6.45, 7) is 1.36. The van der Waals surface area contributed by atoms with Gasteiger partial charge in [0.1, 0.15) is 0 Å². The number of anilines is 1. The summed E-state index contributed by atoms with van der Waals surface area (Å²) in [5.74, 6) is 0.459. The lowest BCUT2D eigenvalue weighted by Crippen LogP contribution is -2.30. The number of hydrogen-bond donors (Lipinski definition) is 1. The monoisotopic (exact) mass is 298 g/mol. The fourth-order valence-corrected chi connectivity index (χ4v) is 3.08. The summed E-state index contributed by atoms with van der Waals surface area (Å²) in [4.78, 5) is 25.6. The number of benzene rings is 1. The van der Waals surface area contributed by atoms with Crippen molar-refractivity contribution in [2.75, 3.05) is 11.4 Å². The zero-order valence-corrected chi connectivity index (χ0v) is 12.8. The summed E-state index contributed by atoms with van der Waals surface area (Å²) in [6, 6.07) is 7.91. The van der Waals surface area contributed by atoms with Crippen molar-refractivity contribution in [1.82, 2.24) is 5.32 Å². The Morgan fingerprint density at radius 3 is 2.68 bits per heavy atom. The fraction of sp³-hybridized carbons (Fsp3) is 0.444. The van der Waals surface area contributed by atoms with Gasteiger partial charge in [-0.1, -0.05) is 24.3 Å². The molecule has 3 rings (SSSR count). The summed E-state index contributed by atoms with van der Waals surface area (Å²) >= 11 is 0. The van der Waals surface area contributed by atoms with Gasteiger partial charge in [-0.2, -0.15) is 0 Å². The number of amides is 2. The minimum absolute atomic E-state index is 0.117. The highest BCUT2D eigenvalue weighted by Crippen LogP contribution is 2.22. The standard InChI is InChI=1S/C18H22N2O2/c21-17-7-4-12-20(17)16-10-8-14(9-11-16)13-19-18(22)15-5-2-1-3-6-15/h1-2,8-11,15H,3-7,12-13H2,(H,19,22)/t15-/m1/s1. The van der Waals surface area contributed by atoms with Crippen LogP contribution in [0.3, 0.4) is 0 Å². The van der Waals surface area contributed by atoms with Crippen LogP contribution < -0.4 is 10.2 Å². The van der Waals surface area contributed by atoms with Gasteiger partial charge in [-0.3, -0.25) is 9.59 Å². The third-order valence-electron chi connectivity index (χ3n) is 4.43. The molecule has 22 heavy (non-hydrogen) atoms. The fourth-order valence-electron chi connectivity index (χ4n) is 3.08. The van der Waals surface area contributed by atoms with E-state index in [1.54, 1.807) is 0 Å². The van der Waals surface area contributed by atoms with Gasteiger partial charge in [-0.25, -0.2) is 0 Å². The maximum atomic E-state index is 12.1. The Balaban J connectivity index is 1.53. The third-order valence-corrected chi connectivity index (χ3v) is 4.43. The van der Waals surface area contributed by atoms with E-state index in [-0.39, 0.29) is 17.7 Å². The van der Waals surface area contributed by atoms with Crippen molar-refractivity contribution in [1.29, 1.82) is 0 Å². The van der Waals surface area contributed by atoms with Crippen LogP contribution in [0, 0.1) is 5.92 Å². The minimum atomic E-state index is 0.117. The molecule has 1 N–H and O–H groups in total. The Morgan fingerprint density at radius 2 is 2.05 bits per heavy atom. The van der Waals surface area contributed by atoms with Gasteiger partial charge in [-0.05, 0) is 43.4 Å². The van der Waals surface area contributed by atoms with Crippen LogP contribution in [0.4, 0.5) is 5.69 Å². The van der Waals surface area contributed by atoms with Crippen LogP contribution in [0.1, 0.15) is 37.7 Å². The van der Waals surface area contributed by atoms with E-state index in [1.807, 2.05) is 29.2 Å². The topological polar surface area (TPSA) is 49.4 Å². The van der Waals surface area contributed by atoms with Crippen molar-refractivity contribution in [2.45, 2.75) is 38.6 Å². The molecule has 4 nitrogen and oxygen atoms in total. The molecular formula is C18H22N2O2. The third kappa shape index (κ3) is 3.38. The van der Waals surface area contributed by atoms with E-state index in [4.69, 9.17) is 0 Å². The zero-order valence-electron chi connectivity index (χ0n) is 12.8. The summed E-state index contributed by atoms with van der Waals surface area (Å²) in [5, 5.41) is 3.01. The molecule has 2 amide bonds. The summed E-state index contributed by atoms with van der Waals surface area (Å²) in [6.07, 6.45) is 8.61. The van der Waals surface area contributed by atoms with Gasteiger partial charge < -0.3 is 10.2 Å². The molecule has 1 aromatic rings. The number of allylic oxidation sites excluding steroid dienone is 2. The first kappa shape index (κ1) is 14.8. The van der Waals surface area contributed by atoms with Crippen molar-refractivity contribution >= 4 is 17.5 Å². The molecule has 0 spiro atoms. The van der Waals surface area contributed by atoms with Crippen molar-refractivity contribution in [3.05, 3.63) is 42.0 Å². The molecule has 4 heteroatoms. The van der Waals surface area contributed by atoms with Crippen LogP contribution in [-0.2, 0) is 16.1 Å². The highest BCUT2D eigenvalue weighted by molar-refractivity contribution is 5.95. The lowest BCUT2D eigenvalue weighted by Gasteiger charge is -2.18. The predicted octanol–water partition coefficient (Wildman–Crippen LogP) is 2.79. The molecule has 1 aromatic carbocycles. The van der Waals surface area contributed by atoms with Gasteiger partial charge in [-0.15, -0.1) is 0 Å². The van der Waals surface area contributed by atoms with Crippen LogP contribution >= 0.6 is 0 Å². The number of rotatable bonds is 4. The molecule has 1 fully saturated rings. The maximum absolute atomic E-state index is 12.1. The van der Waals surface area contributed by atoms with E-state index in [9.17, 15) is 9.59 Å². The van der Waals surface area contributed by atoms with Crippen LogP contribution in [0.5, 0.6) is 0 Å². The van der Waals surface area contributed by atoms with Gasteiger partial charge in [0.15, 0.2) is 0 Å². The first-order chi connectivity index (χ1) is 10.7. The van der Waals surface area contributed by atoms with Gasteiger partial charge >= 0.3 is 0 Å². The number of hydrogen-bond acceptors (Lipinski definition) is 2. The molecule has 1 atom stereocenters. The molecule has 0 saturated carbocycles. The average molecular weight is 298 g/mol. The van der Waals surface area contributed by atoms with Gasteiger partial charge in [0.05, 0.1) is 0 Å². The second-order valence-electron chi connectivity index (χ2n) is 6.01. The van der Waals surface area contributed by atoms with E-state index < -0.39 is 0 Å². The number of nitrogens with zero attached hydrogens (tertiary/aromatic N) is 1. The molecule has 1 aliphatic carbocycles. The normalized spacial score (nSPS) is 21.2. The highest BCUT2D eigenvalue weighted by atomic mass is 16.2. The first-order valence-corrected chi connectivity index (χ1v) is 8.06. The van der Waals surface area contributed by atoms with Crippen molar-refractivity contribution in [2.24, 2.45) is 5.92 Å². The quantitative estimate of drug-likeness (QED) is 0.869. The van der Waals surface area contributed by atoms with Crippen LogP contribution in [0.15, 0.2) is 36.4 Å². The molecule has 0 bridgehead atoms. The van der Waals surface area contributed by atoms with E-state index >= 15 is 0 Å². The van der Waals surface area contributed by atoms with E-state index in [2.05, 4.69) is 17.5 Å². The summed E-state index contributed by atoms with van der Waals surface area (Å²) < 4.78 is 0. The maximum Gasteiger partial charge on any atom is 0.227 e. The van der Waals surface area contributed by atoms with Crippen molar-refractivity contribution < 1.29 is 9.59 Å². The van der Waals surface area contributed by atoms with Crippen LogP contribution in [-0.4, -0.2) is 18.4 Å². The molecule has 0 radical (unpaired) electrons. The molecule has 1 saturated heterocycles. The molecule has 0 unspecified atom stereocenters. The number of carbonyl (C=O) groups is 2. The second kappa shape index (κ2) is 6.77. The SMILES string of the molecule is O=C(NCc1ccc(N2CCCC2=O)cc1)[C@@H]1CC=CCC1. The molecule has 0 aromatic heterocycles. The first-order valence-electron chi connectivity index (χ1n) is 8.06. The highest BCUT2D eigenvalue weighted by Gasteiger charge is 2.21. The zero-order chi connectivity index (χ0) is 15.4. The molecule has 2 aliphatic rings. The lowest BCUT2D eigenvalue weighted by molar-refractivity contribution is -0.125. The second-order valence-corrected chi connectivity index (χ2v) is 6.01. The Kier molecular flexibility index (Phi) is 4.56. The largest absolute Gasteiger partial charge is 0.352 e.